The molecular weight excluding hydrogens is 264 g/mol. The molecule has 6 nitrogen and oxygen atoms in total. The van der Waals surface area contributed by atoms with Crippen molar-refractivity contribution in [2.75, 3.05) is 5.84 Å². The molecule has 1 unspecified atom stereocenters. The van der Waals surface area contributed by atoms with Gasteiger partial charge in [-0.3, -0.25) is 4.79 Å². The van der Waals surface area contributed by atoms with Gasteiger partial charge in [-0.1, -0.05) is 42.1 Å². The molecule has 19 heavy (non-hydrogen) atoms. The van der Waals surface area contributed by atoms with Gasteiger partial charge in [0.25, 0.3) is 0 Å². The van der Waals surface area contributed by atoms with Gasteiger partial charge in [0.05, 0.1) is 0 Å². The fraction of sp³-hybridized carbons (Fsp3) is 0.250. The molecule has 0 saturated heterocycles. The zero-order chi connectivity index (χ0) is 13.8. The van der Waals surface area contributed by atoms with Crippen LogP contribution >= 0.6 is 11.8 Å². The highest BCUT2D eigenvalue weighted by molar-refractivity contribution is 8.00. The van der Waals surface area contributed by atoms with E-state index < -0.39 is 11.2 Å². The lowest BCUT2D eigenvalue weighted by Crippen LogP contribution is -2.17. The van der Waals surface area contributed by atoms with Gasteiger partial charge in [-0.2, -0.15) is 0 Å². The first-order valence-electron chi connectivity index (χ1n) is 5.70. The van der Waals surface area contributed by atoms with Crippen LogP contribution < -0.4 is 5.84 Å². The van der Waals surface area contributed by atoms with Gasteiger partial charge >= 0.3 is 5.97 Å². The summed E-state index contributed by atoms with van der Waals surface area (Å²) in [5, 5.41) is 16.6. The van der Waals surface area contributed by atoms with Crippen molar-refractivity contribution in [2.45, 2.75) is 23.8 Å². The number of carboxylic acid groups (broad SMARTS) is 1. The van der Waals surface area contributed by atoms with Crippen LogP contribution in [0.5, 0.6) is 0 Å². The molecule has 1 heterocycles. The maximum Gasteiger partial charge on any atom is 0.316 e. The second-order valence-electron chi connectivity index (χ2n) is 4.03. The maximum absolute atomic E-state index is 10.8. The minimum absolute atomic E-state index is 0.404. The average molecular weight is 278 g/mol. The Balaban J connectivity index is 2.12. The summed E-state index contributed by atoms with van der Waals surface area (Å²) in [6.07, 6.45) is 0.562. The number of hydrogen-bond donors (Lipinski definition) is 2. The Morgan fingerprint density at radius 1 is 1.42 bits per heavy atom. The number of rotatable bonds is 5. The molecule has 0 bridgehead atoms. The summed E-state index contributed by atoms with van der Waals surface area (Å²) < 4.78 is 1.34. The van der Waals surface area contributed by atoms with E-state index in [4.69, 9.17) is 10.9 Å². The van der Waals surface area contributed by atoms with Crippen LogP contribution in [-0.2, 0) is 11.2 Å². The van der Waals surface area contributed by atoms with Gasteiger partial charge in [0, 0.05) is 6.42 Å². The highest BCUT2D eigenvalue weighted by atomic mass is 32.2. The summed E-state index contributed by atoms with van der Waals surface area (Å²) in [6.45, 7) is 1.58. The van der Waals surface area contributed by atoms with Crippen molar-refractivity contribution in [3.8, 4) is 0 Å². The number of benzene rings is 1. The van der Waals surface area contributed by atoms with Crippen LogP contribution in [0, 0.1) is 0 Å². The summed E-state index contributed by atoms with van der Waals surface area (Å²) >= 11 is 1.07. The largest absolute Gasteiger partial charge is 0.480 e. The molecule has 0 spiro atoms. The van der Waals surface area contributed by atoms with E-state index in [-0.39, 0.29) is 0 Å². The van der Waals surface area contributed by atoms with E-state index in [2.05, 4.69) is 10.2 Å². The molecule has 0 aliphatic rings. The zero-order valence-electron chi connectivity index (χ0n) is 10.4. The first-order valence-corrected chi connectivity index (χ1v) is 6.58. The topological polar surface area (TPSA) is 94.0 Å². The summed E-state index contributed by atoms with van der Waals surface area (Å²) in [7, 11) is 0. The fourth-order valence-electron chi connectivity index (χ4n) is 1.50. The number of nitrogens with zero attached hydrogens (tertiary/aromatic N) is 3. The minimum atomic E-state index is -0.905. The van der Waals surface area contributed by atoms with Crippen LogP contribution in [-0.4, -0.2) is 31.2 Å². The van der Waals surface area contributed by atoms with E-state index in [1.54, 1.807) is 6.92 Å². The quantitative estimate of drug-likeness (QED) is 0.629. The fourth-order valence-corrected chi connectivity index (χ4v) is 2.22. The molecular formula is C12H14N4O2S. The Morgan fingerprint density at radius 3 is 2.74 bits per heavy atom. The van der Waals surface area contributed by atoms with E-state index in [0.717, 1.165) is 17.3 Å². The van der Waals surface area contributed by atoms with Crippen molar-refractivity contribution < 1.29 is 9.90 Å². The van der Waals surface area contributed by atoms with Crippen LogP contribution in [0.25, 0.3) is 0 Å². The predicted molar refractivity (Wildman–Crippen MR) is 72.4 cm³/mol. The average Bonchev–Trinajstić information content (AvgIpc) is 2.73. The van der Waals surface area contributed by atoms with Gasteiger partial charge in [0.15, 0.2) is 5.82 Å². The molecule has 1 aromatic heterocycles. The van der Waals surface area contributed by atoms with Crippen molar-refractivity contribution in [2.24, 2.45) is 0 Å². The van der Waals surface area contributed by atoms with Crippen LogP contribution in [0.3, 0.4) is 0 Å². The van der Waals surface area contributed by atoms with Crippen molar-refractivity contribution in [1.82, 2.24) is 14.9 Å². The molecule has 2 aromatic rings. The number of nitrogens with two attached hydrogens (primary N) is 1. The number of hydrogen-bond acceptors (Lipinski definition) is 5. The van der Waals surface area contributed by atoms with Gasteiger partial charge in [-0.15, -0.1) is 10.2 Å². The molecule has 1 atom stereocenters. The number of nitrogen functional groups attached to an aromatic ring is 1. The van der Waals surface area contributed by atoms with Crippen molar-refractivity contribution in [3.05, 3.63) is 41.7 Å². The molecule has 1 aromatic carbocycles. The first kappa shape index (κ1) is 13.4. The first-order chi connectivity index (χ1) is 9.08. The molecule has 3 N–H and O–H groups in total. The Bertz CT molecular complexity index is 570. The van der Waals surface area contributed by atoms with Crippen LogP contribution in [0.4, 0.5) is 0 Å². The highest BCUT2D eigenvalue weighted by Crippen LogP contribution is 2.21. The monoisotopic (exact) mass is 278 g/mol. The standard InChI is InChI=1S/C12H14N4O2S/c1-8(11(17)18)19-12-15-14-10(16(12)13)7-9-5-3-2-4-6-9/h2-6,8H,7,13H2,1H3,(H,17,18). The lowest BCUT2D eigenvalue weighted by atomic mass is 10.1. The second-order valence-corrected chi connectivity index (χ2v) is 5.34. The Kier molecular flexibility index (Phi) is 4.06. The molecule has 0 saturated carbocycles. The number of aliphatic carboxylic acids is 1. The second kappa shape index (κ2) is 5.75. The number of carboxylic acids is 1. The maximum atomic E-state index is 10.8. The van der Waals surface area contributed by atoms with E-state index in [1.807, 2.05) is 30.3 Å². The van der Waals surface area contributed by atoms with Crippen molar-refractivity contribution >= 4 is 17.7 Å². The van der Waals surface area contributed by atoms with Crippen LogP contribution in [0.2, 0.25) is 0 Å². The SMILES string of the molecule is CC(Sc1nnc(Cc2ccccc2)n1N)C(=O)O. The molecule has 0 fully saturated rings. The van der Waals surface area contributed by atoms with E-state index in [1.165, 1.54) is 4.68 Å². The minimum Gasteiger partial charge on any atom is -0.480 e. The summed E-state index contributed by atoms with van der Waals surface area (Å²) in [5.74, 6) is 5.58. The molecule has 0 amide bonds. The molecule has 2 rings (SSSR count). The summed E-state index contributed by atoms with van der Waals surface area (Å²) in [6, 6.07) is 9.76. The molecule has 100 valence electrons. The third kappa shape index (κ3) is 3.25. The van der Waals surface area contributed by atoms with Crippen LogP contribution in [0.15, 0.2) is 35.5 Å². The lowest BCUT2D eigenvalue weighted by molar-refractivity contribution is -0.136. The van der Waals surface area contributed by atoms with E-state index >= 15 is 0 Å². The number of thioether (sulfide) groups is 1. The molecule has 0 aliphatic heterocycles. The Labute approximate surface area is 114 Å². The van der Waals surface area contributed by atoms with E-state index in [9.17, 15) is 4.79 Å². The zero-order valence-corrected chi connectivity index (χ0v) is 11.2. The van der Waals surface area contributed by atoms with Gasteiger partial charge in [0.1, 0.15) is 5.25 Å². The smallest absolute Gasteiger partial charge is 0.316 e. The summed E-state index contributed by atoms with van der Waals surface area (Å²) in [4.78, 5) is 10.8. The summed E-state index contributed by atoms with van der Waals surface area (Å²) in [5.41, 5.74) is 1.07. The molecule has 0 radical (unpaired) electrons. The third-order valence-electron chi connectivity index (χ3n) is 2.57. The van der Waals surface area contributed by atoms with Crippen LogP contribution in [0.1, 0.15) is 18.3 Å². The normalized spacial score (nSPS) is 12.3. The lowest BCUT2D eigenvalue weighted by Gasteiger charge is -2.06. The Morgan fingerprint density at radius 2 is 2.11 bits per heavy atom. The number of carbonyl (C=O) groups is 1. The molecule has 0 aliphatic carbocycles. The van der Waals surface area contributed by atoms with Crippen molar-refractivity contribution in [1.29, 1.82) is 0 Å². The Hall–Kier alpha value is -2.02. The number of aromatic nitrogens is 3. The highest BCUT2D eigenvalue weighted by Gasteiger charge is 2.18. The molecule has 7 heteroatoms. The van der Waals surface area contributed by atoms with Gasteiger partial charge in [-0.25, -0.2) is 4.68 Å². The third-order valence-corrected chi connectivity index (χ3v) is 3.61. The van der Waals surface area contributed by atoms with E-state index in [0.29, 0.717) is 17.4 Å². The van der Waals surface area contributed by atoms with Gasteiger partial charge in [-0.05, 0) is 12.5 Å². The van der Waals surface area contributed by atoms with Gasteiger partial charge in [0.2, 0.25) is 5.16 Å². The predicted octanol–water partition coefficient (Wildman–Crippen LogP) is 1.15. The van der Waals surface area contributed by atoms with Gasteiger partial charge < -0.3 is 10.9 Å². The van der Waals surface area contributed by atoms with Crippen molar-refractivity contribution in [3.63, 3.8) is 0 Å².